The van der Waals surface area contributed by atoms with Crippen LogP contribution in [0.25, 0.3) is 0 Å². The van der Waals surface area contributed by atoms with E-state index in [-0.39, 0.29) is 5.82 Å². The molecule has 0 saturated heterocycles. The van der Waals surface area contributed by atoms with Gasteiger partial charge in [-0.05, 0) is 62.9 Å². The molecule has 106 valence electrons. The molecule has 0 amide bonds. The number of hydrogen-bond donors (Lipinski definition) is 1. The van der Waals surface area contributed by atoms with Crippen molar-refractivity contribution in [2.75, 3.05) is 5.32 Å². The third-order valence-electron chi connectivity index (χ3n) is 3.40. The van der Waals surface area contributed by atoms with Gasteiger partial charge in [-0.1, -0.05) is 29.8 Å². The predicted molar refractivity (Wildman–Crippen MR) is 83.7 cm³/mol. The van der Waals surface area contributed by atoms with Crippen LogP contribution < -0.4 is 5.32 Å². The molecule has 0 fully saturated rings. The van der Waals surface area contributed by atoms with Crippen molar-refractivity contribution >= 4 is 5.69 Å². The van der Waals surface area contributed by atoms with Crippen LogP contribution in [0.3, 0.4) is 0 Å². The summed E-state index contributed by atoms with van der Waals surface area (Å²) in [4.78, 5) is 0. The van der Waals surface area contributed by atoms with E-state index in [1.165, 1.54) is 11.1 Å². The standard InChI is InChI=1S/C18H22FN/c1-13-5-4-6-16(9-13)8-7-15(3)20-18-11-14(2)10-17(19)12-18/h4-6,9-12,15,20H,7-8H2,1-3H3. The van der Waals surface area contributed by atoms with E-state index in [0.717, 1.165) is 24.1 Å². The monoisotopic (exact) mass is 271 g/mol. The largest absolute Gasteiger partial charge is 0.382 e. The van der Waals surface area contributed by atoms with Crippen molar-refractivity contribution in [1.29, 1.82) is 0 Å². The lowest BCUT2D eigenvalue weighted by molar-refractivity contribution is 0.626. The Morgan fingerprint density at radius 2 is 1.85 bits per heavy atom. The topological polar surface area (TPSA) is 12.0 Å². The second-order valence-corrected chi connectivity index (χ2v) is 5.59. The molecule has 0 spiro atoms. The molecular formula is C18H22FN. The first-order chi connectivity index (χ1) is 9.52. The SMILES string of the molecule is Cc1cccc(CCC(C)Nc2cc(C)cc(F)c2)c1. The molecule has 1 atom stereocenters. The van der Waals surface area contributed by atoms with Crippen LogP contribution in [-0.4, -0.2) is 6.04 Å². The highest BCUT2D eigenvalue weighted by Crippen LogP contribution is 2.16. The summed E-state index contributed by atoms with van der Waals surface area (Å²) in [5.74, 6) is -0.182. The Labute approximate surface area is 120 Å². The van der Waals surface area contributed by atoms with Crippen molar-refractivity contribution in [3.63, 3.8) is 0 Å². The van der Waals surface area contributed by atoms with Crippen LogP contribution in [0.4, 0.5) is 10.1 Å². The molecule has 0 aromatic heterocycles. The highest BCUT2D eigenvalue weighted by molar-refractivity contribution is 5.46. The van der Waals surface area contributed by atoms with Gasteiger partial charge in [0.1, 0.15) is 5.82 Å². The molecule has 20 heavy (non-hydrogen) atoms. The highest BCUT2D eigenvalue weighted by Gasteiger charge is 2.05. The van der Waals surface area contributed by atoms with Crippen LogP contribution in [0.15, 0.2) is 42.5 Å². The van der Waals surface area contributed by atoms with E-state index < -0.39 is 0 Å². The molecule has 1 N–H and O–H groups in total. The van der Waals surface area contributed by atoms with Gasteiger partial charge in [-0.3, -0.25) is 0 Å². The van der Waals surface area contributed by atoms with Gasteiger partial charge < -0.3 is 5.32 Å². The molecule has 1 nitrogen and oxygen atoms in total. The number of anilines is 1. The van der Waals surface area contributed by atoms with Gasteiger partial charge in [-0.2, -0.15) is 0 Å². The molecule has 0 saturated carbocycles. The van der Waals surface area contributed by atoms with Crippen LogP contribution in [0.1, 0.15) is 30.0 Å². The molecule has 0 bridgehead atoms. The average molecular weight is 271 g/mol. The fraction of sp³-hybridized carbons (Fsp3) is 0.333. The lowest BCUT2D eigenvalue weighted by Crippen LogP contribution is -2.16. The normalized spacial score (nSPS) is 12.2. The van der Waals surface area contributed by atoms with Gasteiger partial charge in [0.25, 0.3) is 0 Å². The Balaban J connectivity index is 1.90. The van der Waals surface area contributed by atoms with E-state index in [1.807, 2.05) is 13.0 Å². The molecule has 0 aliphatic carbocycles. The smallest absolute Gasteiger partial charge is 0.125 e. The summed E-state index contributed by atoms with van der Waals surface area (Å²) in [5.41, 5.74) is 4.45. The highest BCUT2D eigenvalue weighted by atomic mass is 19.1. The van der Waals surface area contributed by atoms with Gasteiger partial charge in [0.05, 0.1) is 0 Å². The molecule has 0 aliphatic heterocycles. The zero-order chi connectivity index (χ0) is 14.5. The summed E-state index contributed by atoms with van der Waals surface area (Å²) in [5, 5.41) is 3.37. The molecule has 0 aliphatic rings. The molecule has 0 heterocycles. The lowest BCUT2D eigenvalue weighted by atomic mass is 10.0. The van der Waals surface area contributed by atoms with Crippen molar-refractivity contribution in [2.24, 2.45) is 0 Å². The van der Waals surface area contributed by atoms with Gasteiger partial charge in [0.2, 0.25) is 0 Å². The molecule has 2 aromatic rings. The number of hydrogen-bond acceptors (Lipinski definition) is 1. The fourth-order valence-corrected chi connectivity index (χ4v) is 2.43. The Hall–Kier alpha value is -1.83. The third-order valence-corrected chi connectivity index (χ3v) is 3.40. The van der Waals surface area contributed by atoms with Gasteiger partial charge in [-0.25, -0.2) is 4.39 Å². The Bertz CT molecular complexity index is 557. The van der Waals surface area contributed by atoms with E-state index in [2.05, 4.69) is 43.4 Å². The number of aryl methyl sites for hydroxylation is 3. The molecule has 0 radical (unpaired) electrons. The van der Waals surface area contributed by atoms with E-state index >= 15 is 0 Å². The molecule has 2 aromatic carbocycles. The minimum Gasteiger partial charge on any atom is -0.382 e. The van der Waals surface area contributed by atoms with Gasteiger partial charge in [0.15, 0.2) is 0 Å². The zero-order valence-electron chi connectivity index (χ0n) is 12.4. The minimum atomic E-state index is -0.182. The van der Waals surface area contributed by atoms with Crippen molar-refractivity contribution in [2.45, 2.75) is 39.7 Å². The number of benzene rings is 2. The van der Waals surface area contributed by atoms with Crippen LogP contribution in [0.5, 0.6) is 0 Å². The predicted octanol–water partition coefficient (Wildman–Crippen LogP) is 4.88. The van der Waals surface area contributed by atoms with Crippen LogP contribution in [0.2, 0.25) is 0 Å². The first kappa shape index (κ1) is 14.6. The molecule has 1 unspecified atom stereocenters. The molecule has 2 rings (SSSR count). The maximum Gasteiger partial charge on any atom is 0.125 e. The number of rotatable bonds is 5. The van der Waals surface area contributed by atoms with E-state index in [0.29, 0.717) is 6.04 Å². The summed E-state index contributed by atoms with van der Waals surface area (Å²) < 4.78 is 13.3. The quantitative estimate of drug-likeness (QED) is 0.817. The Morgan fingerprint density at radius 1 is 1.05 bits per heavy atom. The maximum atomic E-state index is 13.3. The van der Waals surface area contributed by atoms with Crippen LogP contribution >= 0.6 is 0 Å². The summed E-state index contributed by atoms with van der Waals surface area (Å²) in [6.45, 7) is 6.16. The van der Waals surface area contributed by atoms with Crippen molar-refractivity contribution < 1.29 is 4.39 Å². The summed E-state index contributed by atoms with van der Waals surface area (Å²) in [6, 6.07) is 14.0. The van der Waals surface area contributed by atoms with Crippen molar-refractivity contribution in [1.82, 2.24) is 0 Å². The summed E-state index contributed by atoms with van der Waals surface area (Å²) >= 11 is 0. The van der Waals surface area contributed by atoms with E-state index in [1.54, 1.807) is 12.1 Å². The maximum absolute atomic E-state index is 13.3. The van der Waals surface area contributed by atoms with E-state index in [9.17, 15) is 4.39 Å². The second-order valence-electron chi connectivity index (χ2n) is 5.59. The third kappa shape index (κ3) is 4.37. The van der Waals surface area contributed by atoms with Crippen molar-refractivity contribution in [3.05, 3.63) is 65.0 Å². The molecular weight excluding hydrogens is 249 g/mol. The van der Waals surface area contributed by atoms with E-state index in [4.69, 9.17) is 0 Å². The van der Waals surface area contributed by atoms with Crippen molar-refractivity contribution in [3.8, 4) is 0 Å². The van der Waals surface area contributed by atoms with Gasteiger partial charge in [0, 0.05) is 11.7 Å². The lowest BCUT2D eigenvalue weighted by Gasteiger charge is -2.16. The number of nitrogens with one attached hydrogen (secondary N) is 1. The molecule has 2 heteroatoms. The first-order valence-electron chi connectivity index (χ1n) is 7.12. The minimum absolute atomic E-state index is 0.182. The zero-order valence-corrected chi connectivity index (χ0v) is 12.4. The average Bonchev–Trinajstić information content (AvgIpc) is 2.35. The van der Waals surface area contributed by atoms with Gasteiger partial charge in [-0.15, -0.1) is 0 Å². The second kappa shape index (κ2) is 6.56. The van der Waals surface area contributed by atoms with Crippen LogP contribution in [-0.2, 0) is 6.42 Å². The Morgan fingerprint density at radius 3 is 2.55 bits per heavy atom. The summed E-state index contributed by atoms with van der Waals surface area (Å²) in [7, 11) is 0. The fourth-order valence-electron chi connectivity index (χ4n) is 2.43. The number of halogens is 1. The van der Waals surface area contributed by atoms with Gasteiger partial charge >= 0.3 is 0 Å². The Kier molecular flexibility index (Phi) is 4.78. The summed E-state index contributed by atoms with van der Waals surface area (Å²) in [6.07, 6.45) is 2.06. The van der Waals surface area contributed by atoms with Crippen LogP contribution in [0, 0.1) is 19.7 Å². The first-order valence-corrected chi connectivity index (χ1v) is 7.12.